The highest BCUT2D eigenvalue weighted by Gasteiger charge is 2.38. The number of anilines is 1. The van der Waals surface area contributed by atoms with Crippen molar-refractivity contribution in [1.29, 1.82) is 0 Å². The third kappa shape index (κ3) is 2.89. The Balaban J connectivity index is 1.74. The summed E-state index contributed by atoms with van der Waals surface area (Å²) < 4.78 is 6.28. The number of benzene rings is 2. The lowest BCUT2D eigenvalue weighted by molar-refractivity contribution is 0.0526. The van der Waals surface area contributed by atoms with E-state index < -0.39 is 0 Å². The van der Waals surface area contributed by atoms with Crippen LogP contribution in [0.15, 0.2) is 59.1 Å². The van der Waals surface area contributed by atoms with E-state index in [2.05, 4.69) is 51.6 Å². The van der Waals surface area contributed by atoms with E-state index in [9.17, 15) is 4.79 Å². The van der Waals surface area contributed by atoms with E-state index in [-0.39, 0.29) is 12.0 Å². The number of nitrogens with one attached hydrogen (secondary N) is 1. The molecule has 4 heteroatoms. The van der Waals surface area contributed by atoms with E-state index in [0.29, 0.717) is 24.0 Å². The smallest absolute Gasteiger partial charge is 0.338 e. The maximum atomic E-state index is 12.1. The molecule has 0 saturated heterocycles. The molecular weight excluding hydrogens is 378 g/mol. The average Bonchev–Trinajstić information content (AvgIpc) is 3.11. The van der Waals surface area contributed by atoms with Crippen molar-refractivity contribution in [3.8, 4) is 0 Å². The van der Waals surface area contributed by atoms with Crippen molar-refractivity contribution in [1.82, 2.24) is 0 Å². The number of ether oxygens (including phenoxy) is 1. The largest absolute Gasteiger partial charge is 0.462 e. The molecule has 3 atom stereocenters. The predicted molar refractivity (Wildman–Crippen MR) is 103 cm³/mol. The minimum atomic E-state index is -0.253. The zero-order valence-corrected chi connectivity index (χ0v) is 15.6. The first-order chi connectivity index (χ1) is 12.2. The molecule has 1 heterocycles. The first kappa shape index (κ1) is 16.4. The van der Waals surface area contributed by atoms with E-state index in [1.54, 1.807) is 0 Å². The average molecular weight is 398 g/mol. The topological polar surface area (TPSA) is 38.3 Å². The van der Waals surface area contributed by atoms with Crippen molar-refractivity contribution in [3.63, 3.8) is 0 Å². The molecule has 128 valence electrons. The number of rotatable bonds is 3. The van der Waals surface area contributed by atoms with Gasteiger partial charge in [-0.25, -0.2) is 4.79 Å². The Morgan fingerprint density at radius 1 is 1.24 bits per heavy atom. The van der Waals surface area contributed by atoms with Gasteiger partial charge in [0.05, 0.1) is 18.2 Å². The van der Waals surface area contributed by atoms with Crippen LogP contribution in [0.4, 0.5) is 5.69 Å². The minimum absolute atomic E-state index is 0.247. The van der Waals surface area contributed by atoms with Crippen LogP contribution in [0.3, 0.4) is 0 Å². The van der Waals surface area contributed by atoms with Gasteiger partial charge in [0.1, 0.15) is 0 Å². The number of fused-ring (bicyclic) bond motifs is 3. The molecule has 3 nitrogen and oxygen atoms in total. The van der Waals surface area contributed by atoms with E-state index in [1.807, 2.05) is 31.2 Å². The Hall–Kier alpha value is -2.07. The summed E-state index contributed by atoms with van der Waals surface area (Å²) in [6.07, 6.45) is 5.57. The standard InChI is InChI=1S/C21H20BrNO2/c1-2-25-21(24)13-10-11-19-17(12-13)14-7-5-8-15(14)20(23-19)16-6-3-4-9-18(16)22/h3-7,9-12,14-15,20,23H,2,8H2,1H3/t14?,15?,20-/m0/s1. The molecule has 1 N–H and O–H groups in total. The molecule has 0 spiro atoms. The first-order valence-corrected chi connectivity index (χ1v) is 9.47. The van der Waals surface area contributed by atoms with Gasteiger partial charge in [-0.05, 0) is 54.7 Å². The number of esters is 1. The van der Waals surface area contributed by atoms with Crippen LogP contribution in [0, 0.1) is 5.92 Å². The Kier molecular flexibility index (Phi) is 4.38. The molecule has 0 amide bonds. The lowest BCUT2D eigenvalue weighted by Crippen LogP contribution is -2.29. The molecule has 2 unspecified atom stereocenters. The quantitative estimate of drug-likeness (QED) is 0.552. The maximum Gasteiger partial charge on any atom is 0.338 e. The highest BCUT2D eigenvalue weighted by atomic mass is 79.9. The van der Waals surface area contributed by atoms with Gasteiger partial charge in [-0.3, -0.25) is 0 Å². The molecule has 0 aromatic heterocycles. The van der Waals surface area contributed by atoms with Crippen molar-refractivity contribution in [3.05, 3.63) is 75.8 Å². The molecule has 2 aliphatic rings. The Morgan fingerprint density at radius 3 is 2.88 bits per heavy atom. The predicted octanol–water partition coefficient (Wildman–Crippen LogP) is 5.45. The Bertz CT molecular complexity index is 846. The van der Waals surface area contributed by atoms with Crippen molar-refractivity contribution >= 4 is 27.6 Å². The van der Waals surface area contributed by atoms with Crippen LogP contribution in [0.25, 0.3) is 0 Å². The summed E-state index contributed by atoms with van der Waals surface area (Å²) in [5.41, 5.74) is 4.19. The van der Waals surface area contributed by atoms with Crippen LogP contribution in [0.2, 0.25) is 0 Å². The van der Waals surface area contributed by atoms with E-state index >= 15 is 0 Å². The van der Waals surface area contributed by atoms with Crippen molar-refractivity contribution in [2.75, 3.05) is 11.9 Å². The van der Waals surface area contributed by atoms with Gasteiger partial charge >= 0.3 is 5.97 Å². The summed E-state index contributed by atoms with van der Waals surface area (Å²) >= 11 is 3.70. The number of carbonyl (C=O) groups excluding carboxylic acids is 1. The summed E-state index contributed by atoms with van der Waals surface area (Å²) in [7, 11) is 0. The van der Waals surface area contributed by atoms with Crippen molar-refractivity contribution in [2.24, 2.45) is 5.92 Å². The first-order valence-electron chi connectivity index (χ1n) is 8.67. The van der Waals surface area contributed by atoms with Crippen LogP contribution >= 0.6 is 15.9 Å². The van der Waals surface area contributed by atoms with Crippen molar-refractivity contribution < 1.29 is 9.53 Å². The lowest BCUT2D eigenvalue weighted by Gasteiger charge is -2.38. The van der Waals surface area contributed by atoms with Crippen LogP contribution < -0.4 is 5.32 Å². The fraction of sp³-hybridized carbons (Fsp3) is 0.286. The second-order valence-corrected chi connectivity index (χ2v) is 7.37. The van der Waals surface area contributed by atoms with Crippen LogP contribution in [-0.4, -0.2) is 12.6 Å². The van der Waals surface area contributed by atoms with Gasteiger partial charge < -0.3 is 10.1 Å². The van der Waals surface area contributed by atoms with Gasteiger partial charge in [-0.15, -0.1) is 0 Å². The van der Waals surface area contributed by atoms with Gasteiger partial charge in [0.2, 0.25) is 0 Å². The fourth-order valence-electron chi connectivity index (χ4n) is 3.97. The second kappa shape index (κ2) is 6.68. The van der Waals surface area contributed by atoms with Gasteiger partial charge in [-0.1, -0.05) is 46.3 Å². The van der Waals surface area contributed by atoms with Gasteiger partial charge in [0, 0.05) is 16.1 Å². The summed E-state index contributed by atoms with van der Waals surface area (Å²) in [5, 5.41) is 3.70. The van der Waals surface area contributed by atoms with Gasteiger partial charge in [0.25, 0.3) is 0 Å². The Morgan fingerprint density at radius 2 is 2.08 bits per heavy atom. The summed E-state index contributed by atoms with van der Waals surface area (Å²) in [4.78, 5) is 12.1. The second-order valence-electron chi connectivity index (χ2n) is 6.52. The highest BCUT2D eigenvalue weighted by Crippen LogP contribution is 2.50. The van der Waals surface area contributed by atoms with Crippen molar-refractivity contribution in [2.45, 2.75) is 25.3 Å². The molecule has 4 rings (SSSR count). The zero-order chi connectivity index (χ0) is 17.4. The molecule has 0 fully saturated rings. The number of allylic oxidation sites excluding steroid dienone is 2. The molecule has 1 aliphatic carbocycles. The van der Waals surface area contributed by atoms with Gasteiger partial charge in [-0.2, -0.15) is 0 Å². The molecule has 0 bridgehead atoms. The monoisotopic (exact) mass is 397 g/mol. The number of halogens is 1. The van der Waals surface area contributed by atoms with E-state index in [1.165, 1.54) is 11.1 Å². The fourth-order valence-corrected chi connectivity index (χ4v) is 4.50. The van der Waals surface area contributed by atoms with Crippen LogP contribution in [0.1, 0.15) is 46.8 Å². The minimum Gasteiger partial charge on any atom is -0.462 e. The maximum absolute atomic E-state index is 12.1. The highest BCUT2D eigenvalue weighted by molar-refractivity contribution is 9.10. The zero-order valence-electron chi connectivity index (χ0n) is 14.0. The molecule has 0 saturated carbocycles. The summed E-state index contributed by atoms with van der Waals surface area (Å²) in [6, 6.07) is 14.5. The third-order valence-corrected chi connectivity index (χ3v) is 5.84. The number of hydrogen-bond acceptors (Lipinski definition) is 3. The molecule has 2 aromatic rings. The van der Waals surface area contributed by atoms with E-state index in [0.717, 1.165) is 16.6 Å². The molecule has 25 heavy (non-hydrogen) atoms. The van der Waals surface area contributed by atoms with Crippen LogP contribution in [0.5, 0.6) is 0 Å². The molecule has 2 aromatic carbocycles. The number of hydrogen-bond donors (Lipinski definition) is 1. The number of carbonyl (C=O) groups is 1. The molecule has 1 aliphatic heterocycles. The Labute approximate surface area is 156 Å². The summed E-state index contributed by atoms with van der Waals surface area (Å²) in [6.45, 7) is 2.22. The lowest BCUT2D eigenvalue weighted by atomic mass is 9.76. The molecule has 0 radical (unpaired) electrons. The summed E-state index contributed by atoms with van der Waals surface area (Å²) in [5.74, 6) is 0.517. The van der Waals surface area contributed by atoms with E-state index in [4.69, 9.17) is 4.74 Å². The van der Waals surface area contributed by atoms with Crippen LogP contribution in [-0.2, 0) is 4.74 Å². The van der Waals surface area contributed by atoms with Gasteiger partial charge in [0.15, 0.2) is 0 Å². The normalized spacial score (nSPS) is 23.5. The SMILES string of the molecule is CCOC(=O)c1ccc2c(c1)C1C=CCC1[C@@H](c1ccccc1Br)N2. The third-order valence-electron chi connectivity index (χ3n) is 5.11. The molecular formula is C21H20BrNO2.